The predicted octanol–water partition coefficient (Wildman–Crippen LogP) is 11.3. The molecule has 0 fully saturated rings. The van der Waals surface area contributed by atoms with Crippen LogP contribution in [-0.4, -0.2) is 38.4 Å². The Bertz CT molecular complexity index is 2250. The molecule has 0 radical (unpaired) electrons. The average Bonchev–Trinajstić information content (AvgIpc) is 3.27. The van der Waals surface area contributed by atoms with Gasteiger partial charge in [0.25, 0.3) is 0 Å². The Morgan fingerprint density at radius 3 is 1.22 bits per heavy atom. The number of ether oxygens (including phenoxy) is 4. The van der Waals surface area contributed by atoms with E-state index in [1.807, 2.05) is 97.1 Å². The Labute approximate surface area is 347 Å². The molecule has 0 spiro atoms. The van der Waals surface area contributed by atoms with Crippen LogP contribution in [0.3, 0.4) is 0 Å². The minimum atomic E-state index is -0.415. The maximum absolute atomic E-state index is 15.0. The molecule has 0 heterocycles. The van der Waals surface area contributed by atoms with Gasteiger partial charge in [-0.15, -0.1) is 0 Å². The Morgan fingerprint density at radius 2 is 0.814 bits per heavy atom. The van der Waals surface area contributed by atoms with Crippen molar-refractivity contribution in [2.45, 2.75) is 51.4 Å². The van der Waals surface area contributed by atoms with Crippen molar-refractivity contribution in [2.24, 2.45) is 0 Å². The zero-order valence-corrected chi connectivity index (χ0v) is 33.4. The highest BCUT2D eigenvalue weighted by Gasteiger charge is 2.04. The number of benzene rings is 5. The molecule has 0 aliphatic heterocycles. The third-order valence-corrected chi connectivity index (χ3v) is 9.24. The fraction of sp³-hybridized carbons (Fsp3) is 0.231. The maximum atomic E-state index is 15.0. The van der Waals surface area contributed by atoms with Gasteiger partial charge >= 0.3 is 11.9 Å². The van der Waals surface area contributed by atoms with Gasteiger partial charge in [0.15, 0.2) is 0 Å². The second kappa shape index (κ2) is 24.1. The van der Waals surface area contributed by atoms with Crippen molar-refractivity contribution in [2.75, 3.05) is 26.4 Å². The van der Waals surface area contributed by atoms with Crippen molar-refractivity contribution < 1.29 is 32.9 Å². The van der Waals surface area contributed by atoms with Crippen molar-refractivity contribution in [1.29, 1.82) is 0 Å². The van der Waals surface area contributed by atoms with Crippen LogP contribution in [0.15, 0.2) is 141 Å². The van der Waals surface area contributed by atoms with Crippen LogP contribution >= 0.6 is 0 Å². The summed E-state index contributed by atoms with van der Waals surface area (Å²) in [4.78, 5) is 22.1. The Hall–Kier alpha value is -6.83. The molecule has 5 aromatic rings. The molecule has 5 aromatic carbocycles. The lowest BCUT2D eigenvalue weighted by molar-refractivity contribution is -0.138. The summed E-state index contributed by atoms with van der Waals surface area (Å²) < 4.78 is 36.8. The summed E-state index contributed by atoms with van der Waals surface area (Å²) in [5.74, 6) is 12.7. The first-order valence-corrected chi connectivity index (χ1v) is 20.0. The summed E-state index contributed by atoms with van der Waals surface area (Å²) in [5, 5.41) is 0. The summed E-state index contributed by atoms with van der Waals surface area (Å²) in [7, 11) is 0. The number of carbonyl (C=O) groups excluding carboxylic acids is 2. The van der Waals surface area contributed by atoms with Crippen LogP contribution in [0.25, 0.3) is 22.3 Å². The van der Waals surface area contributed by atoms with E-state index in [4.69, 9.17) is 18.9 Å². The van der Waals surface area contributed by atoms with Crippen molar-refractivity contribution in [3.63, 3.8) is 0 Å². The standard InChI is InChI=1S/C52H49FO6/c1-3-51(54)58-37-11-7-5-9-35-56-48-31-27-45(28-32-48)43-21-15-40(16-22-43)13-14-42-20-26-47(50(53)39-42)25-19-41-17-23-44(24-18-41)46-29-33-49(34-30-46)57-36-10-6-8-12-38-59-52(55)4-2/h3-4,15-18,20-24,26-34,39H,1-2,5-12,35-38H2. The van der Waals surface area contributed by atoms with E-state index >= 15 is 4.39 Å². The van der Waals surface area contributed by atoms with Gasteiger partial charge in [-0.05, 0) is 140 Å². The van der Waals surface area contributed by atoms with Crippen molar-refractivity contribution in [1.82, 2.24) is 0 Å². The van der Waals surface area contributed by atoms with E-state index in [-0.39, 0.29) is 11.9 Å². The van der Waals surface area contributed by atoms with E-state index in [1.165, 1.54) is 18.2 Å². The molecular weight excluding hydrogens is 740 g/mol. The van der Waals surface area contributed by atoms with Gasteiger partial charge in [0, 0.05) is 28.8 Å². The lowest BCUT2D eigenvalue weighted by Gasteiger charge is -2.08. The van der Waals surface area contributed by atoms with Crippen LogP contribution in [-0.2, 0) is 19.1 Å². The quantitative estimate of drug-likeness (QED) is 0.0338. The minimum absolute atomic E-state index is 0.311. The molecule has 6 nitrogen and oxygen atoms in total. The molecule has 0 aromatic heterocycles. The number of hydrogen-bond acceptors (Lipinski definition) is 6. The highest BCUT2D eigenvalue weighted by Crippen LogP contribution is 2.25. The Kier molecular flexibility index (Phi) is 17.7. The van der Waals surface area contributed by atoms with Crippen molar-refractivity contribution >= 4 is 11.9 Å². The molecule has 0 atom stereocenters. The summed E-state index contributed by atoms with van der Waals surface area (Å²) in [6.07, 6.45) is 9.83. The lowest BCUT2D eigenvalue weighted by atomic mass is 10.0. The first-order valence-electron chi connectivity index (χ1n) is 20.0. The third-order valence-electron chi connectivity index (χ3n) is 9.24. The zero-order valence-electron chi connectivity index (χ0n) is 33.4. The molecular formula is C52H49FO6. The largest absolute Gasteiger partial charge is 0.494 e. The van der Waals surface area contributed by atoms with Gasteiger partial charge in [0.1, 0.15) is 17.3 Å². The molecule has 0 saturated heterocycles. The molecule has 0 N–H and O–H groups in total. The number of rotatable bonds is 20. The van der Waals surface area contributed by atoms with Gasteiger partial charge in [0.2, 0.25) is 0 Å². The Balaban J connectivity index is 1.03. The van der Waals surface area contributed by atoms with Crippen LogP contribution in [0.2, 0.25) is 0 Å². The molecule has 0 saturated carbocycles. The number of unbranched alkanes of at least 4 members (excludes halogenated alkanes) is 6. The first kappa shape index (κ1) is 43.3. The van der Waals surface area contributed by atoms with Crippen LogP contribution in [0, 0.1) is 29.5 Å². The van der Waals surface area contributed by atoms with Crippen LogP contribution < -0.4 is 9.47 Å². The topological polar surface area (TPSA) is 71.1 Å². The van der Waals surface area contributed by atoms with E-state index in [9.17, 15) is 9.59 Å². The van der Waals surface area contributed by atoms with Gasteiger partial charge < -0.3 is 18.9 Å². The average molecular weight is 789 g/mol. The fourth-order valence-corrected chi connectivity index (χ4v) is 5.92. The van der Waals surface area contributed by atoms with E-state index in [2.05, 4.69) is 36.8 Å². The highest BCUT2D eigenvalue weighted by atomic mass is 19.1. The molecule has 0 aliphatic rings. The Morgan fingerprint density at radius 1 is 0.458 bits per heavy atom. The van der Waals surface area contributed by atoms with Crippen molar-refractivity contribution in [3.8, 4) is 57.4 Å². The van der Waals surface area contributed by atoms with E-state index in [0.717, 1.165) is 96.2 Å². The maximum Gasteiger partial charge on any atom is 0.330 e. The number of esters is 2. The second-order valence-corrected chi connectivity index (χ2v) is 13.7. The van der Waals surface area contributed by atoms with Gasteiger partial charge in [0.05, 0.1) is 32.0 Å². The molecule has 0 amide bonds. The van der Waals surface area contributed by atoms with Gasteiger partial charge in [-0.3, -0.25) is 0 Å². The molecule has 0 unspecified atom stereocenters. The molecule has 0 aliphatic carbocycles. The second-order valence-electron chi connectivity index (χ2n) is 13.7. The molecule has 7 heteroatoms. The monoisotopic (exact) mass is 788 g/mol. The predicted molar refractivity (Wildman–Crippen MR) is 232 cm³/mol. The SMILES string of the molecule is C=CC(=O)OCCCCCCOc1ccc(-c2ccc(C#Cc3ccc(C#Cc4ccc(-c5ccc(OCCCCCCOC(=O)C=C)cc5)cc4)c(F)c3)cc2)cc1. The normalized spacial score (nSPS) is 10.3. The summed E-state index contributed by atoms with van der Waals surface area (Å²) in [6, 6.07) is 36.7. The minimum Gasteiger partial charge on any atom is -0.494 e. The van der Waals surface area contributed by atoms with Gasteiger partial charge in [-0.1, -0.05) is 85.4 Å². The molecule has 5 rings (SSSR count). The number of carbonyl (C=O) groups is 2. The fourth-order valence-electron chi connectivity index (χ4n) is 5.92. The van der Waals surface area contributed by atoms with E-state index < -0.39 is 5.82 Å². The summed E-state index contributed by atoms with van der Waals surface area (Å²) >= 11 is 0. The summed E-state index contributed by atoms with van der Waals surface area (Å²) in [5.41, 5.74) is 6.73. The van der Waals surface area contributed by atoms with Gasteiger partial charge in [-0.25, -0.2) is 14.0 Å². The molecule has 0 bridgehead atoms. The lowest BCUT2D eigenvalue weighted by Crippen LogP contribution is -2.02. The molecule has 59 heavy (non-hydrogen) atoms. The van der Waals surface area contributed by atoms with Crippen LogP contribution in [0.5, 0.6) is 11.5 Å². The summed E-state index contributed by atoms with van der Waals surface area (Å²) in [6.45, 7) is 8.88. The van der Waals surface area contributed by atoms with E-state index in [1.54, 1.807) is 12.1 Å². The first-order chi connectivity index (χ1) is 28.9. The number of halogens is 1. The van der Waals surface area contributed by atoms with Gasteiger partial charge in [-0.2, -0.15) is 0 Å². The zero-order chi connectivity index (χ0) is 41.5. The molecule has 300 valence electrons. The smallest absolute Gasteiger partial charge is 0.330 e. The third kappa shape index (κ3) is 15.2. The van der Waals surface area contributed by atoms with Crippen LogP contribution in [0.4, 0.5) is 4.39 Å². The van der Waals surface area contributed by atoms with E-state index in [0.29, 0.717) is 37.6 Å². The van der Waals surface area contributed by atoms with Crippen LogP contribution in [0.1, 0.15) is 73.6 Å². The highest BCUT2D eigenvalue weighted by molar-refractivity contribution is 5.81. The van der Waals surface area contributed by atoms with Crippen molar-refractivity contribution in [3.05, 3.63) is 169 Å². The number of hydrogen-bond donors (Lipinski definition) is 0.